The largest absolute Gasteiger partial charge is 0.357 e. The van der Waals surface area contributed by atoms with Crippen LogP contribution >= 0.6 is 0 Å². The summed E-state index contributed by atoms with van der Waals surface area (Å²) in [5.41, 5.74) is 0.936. The van der Waals surface area contributed by atoms with Gasteiger partial charge in [-0.3, -0.25) is 0 Å². The van der Waals surface area contributed by atoms with Crippen molar-refractivity contribution in [3.63, 3.8) is 0 Å². The zero-order chi connectivity index (χ0) is 22.1. The van der Waals surface area contributed by atoms with Crippen LogP contribution in [0.15, 0.2) is 40.5 Å². The number of rotatable bonds is 10. The van der Waals surface area contributed by atoms with E-state index in [4.69, 9.17) is 0 Å². The van der Waals surface area contributed by atoms with Crippen LogP contribution in [-0.2, 0) is 29.5 Å². The van der Waals surface area contributed by atoms with Gasteiger partial charge < -0.3 is 15.2 Å². The molecule has 0 radical (unpaired) electrons. The monoisotopic (exact) mass is 435 g/mol. The summed E-state index contributed by atoms with van der Waals surface area (Å²) in [4.78, 5) is 4.88. The van der Waals surface area contributed by atoms with Crippen LogP contribution in [0.4, 0.5) is 0 Å². The third-order valence-corrected chi connectivity index (χ3v) is 6.80. The van der Waals surface area contributed by atoms with Crippen molar-refractivity contribution in [3.8, 4) is 0 Å². The van der Waals surface area contributed by atoms with Gasteiger partial charge in [-0.15, -0.1) is 10.2 Å². The lowest BCUT2D eigenvalue weighted by Crippen LogP contribution is -2.38. The molecule has 0 aliphatic rings. The van der Waals surface area contributed by atoms with Crippen LogP contribution in [0.1, 0.15) is 39.1 Å². The molecule has 0 saturated carbocycles. The van der Waals surface area contributed by atoms with Crippen molar-refractivity contribution in [1.82, 2.24) is 29.7 Å². The Kier molecular flexibility index (Phi) is 8.79. The molecule has 1 heterocycles. The zero-order valence-electron chi connectivity index (χ0n) is 18.5. The molecule has 9 nitrogen and oxygen atoms in total. The Labute approximate surface area is 179 Å². The Bertz CT molecular complexity index is 921. The first kappa shape index (κ1) is 23.8. The molecule has 0 spiro atoms. The molecule has 2 N–H and O–H groups in total. The summed E-state index contributed by atoms with van der Waals surface area (Å²) in [5.74, 6) is 1.66. The molecule has 0 bridgehead atoms. The average molecular weight is 436 g/mol. The number of guanidine groups is 1. The fourth-order valence-corrected chi connectivity index (χ4v) is 4.12. The van der Waals surface area contributed by atoms with Crippen molar-refractivity contribution in [1.29, 1.82) is 0 Å². The fraction of sp³-hybridized carbons (Fsp3) is 0.550. The molecular formula is C20H33N7O2S. The lowest BCUT2D eigenvalue weighted by atomic mass is 10.2. The molecule has 1 aromatic heterocycles. The molecule has 10 heteroatoms. The summed E-state index contributed by atoms with van der Waals surface area (Å²) >= 11 is 0. The Balaban J connectivity index is 1.98. The van der Waals surface area contributed by atoms with Gasteiger partial charge in [-0.1, -0.05) is 19.1 Å². The number of benzene rings is 1. The van der Waals surface area contributed by atoms with Crippen LogP contribution < -0.4 is 10.6 Å². The summed E-state index contributed by atoms with van der Waals surface area (Å²) in [6.45, 7) is 10.4. The smallest absolute Gasteiger partial charge is 0.243 e. The van der Waals surface area contributed by atoms with Crippen molar-refractivity contribution >= 4 is 16.0 Å². The number of hydrogen-bond acceptors (Lipinski definition) is 5. The minimum Gasteiger partial charge on any atom is -0.357 e. The number of aromatic nitrogens is 3. The number of aliphatic imine (C=N–C) groups is 1. The van der Waals surface area contributed by atoms with E-state index in [9.17, 15) is 8.42 Å². The van der Waals surface area contributed by atoms with Gasteiger partial charge in [-0.25, -0.2) is 13.4 Å². The van der Waals surface area contributed by atoms with Crippen LogP contribution in [0.2, 0.25) is 0 Å². The zero-order valence-corrected chi connectivity index (χ0v) is 19.3. The maximum atomic E-state index is 12.6. The molecule has 0 unspecified atom stereocenters. The highest BCUT2D eigenvalue weighted by Crippen LogP contribution is 2.17. The predicted octanol–water partition coefficient (Wildman–Crippen LogP) is 1.62. The van der Waals surface area contributed by atoms with E-state index < -0.39 is 10.0 Å². The first-order valence-corrected chi connectivity index (χ1v) is 11.7. The van der Waals surface area contributed by atoms with E-state index in [0.29, 0.717) is 19.0 Å². The van der Waals surface area contributed by atoms with E-state index in [-0.39, 0.29) is 10.9 Å². The van der Waals surface area contributed by atoms with E-state index in [2.05, 4.69) is 32.7 Å². The molecule has 0 aliphatic heterocycles. The number of aryl methyl sites for hydroxylation is 1. The van der Waals surface area contributed by atoms with Crippen molar-refractivity contribution < 1.29 is 8.42 Å². The number of hydrogen-bond donors (Lipinski definition) is 2. The molecule has 166 valence electrons. The Morgan fingerprint density at radius 3 is 2.50 bits per heavy atom. The lowest BCUT2D eigenvalue weighted by molar-refractivity contribution is 0.410. The summed E-state index contributed by atoms with van der Waals surface area (Å²) in [7, 11) is -1.88. The number of nitrogens with one attached hydrogen (secondary N) is 2. The summed E-state index contributed by atoms with van der Waals surface area (Å²) < 4.78 is 28.5. The SMILES string of the molecule is CCNC(=NCc1ccc(S(=O)(=O)N(C)C(C)C)cc1)NCCn1cnnc1CC. The fourth-order valence-electron chi connectivity index (χ4n) is 2.76. The van der Waals surface area contributed by atoms with Gasteiger partial charge in [0.2, 0.25) is 10.0 Å². The third kappa shape index (κ3) is 6.27. The van der Waals surface area contributed by atoms with E-state index in [1.54, 1.807) is 37.6 Å². The Morgan fingerprint density at radius 2 is 1.90 bits per heavy atom. The van der Waals surface area contributed by atoms with Gasteiger partial charge in [0.05, 0.1) is 11.4 Å². The van der Waals surface area contributed by atoms with E-state index in [1.807, 2.05) is 25.3 Å². The molecular weight excluding hydrogens is 402 g/mol. The van der Waals surface area contributed by atoms with Gasteiger partial charge in [0.15, 0.2) is 5.96 Å². The van der Waals surface area contributed by atoms with Crippen molar-refractivity contribution in [2.45, 2.75) is 58.1 Å². The molecule has 2 rings (SSSR count). The van der Waals surface area contributed by atoms with Gasteiger partial charge in [0.1, 0.15) is 12.2 Å². The highest BCUT2D eigenvalue weighted by atomic mass is 32.2. The van der Waals surface area contributed by atoms with Crippen LogP contribution in [0.25, 0.3) is 0 Å². The molecule has 0 saturated heterocycles. The predicted molar refractivity (Wildman–Crippen MR) is 119 cm³/mol. The first-order chi connectivity index (χ1) is 14.3. The van der Waals surface area contributed by atoms with Gasteiger partial charge in [-0.05, 0) is 38.5 Å². The maximum Gasteiger partial charge on any atom is 0.243 e. The minimum absolute atomic E-state index is 0.0977. The quantitative estimate of drug-likeness (QED) is 0.434. The highest BCUT2D eigenvalue weighted by molar-refractivity contribution is 7.89. The van der Waals surface area contributed by atoms with Crippen LogP contribution in [0.3, 0.4) is 0 Å². The van der Waals surface area contributed by atoms with Crippen LogP contribution in [0, 0.1) is 0 Å². The van der Waals surface area contributed by atoms with Crippen molar-refractivity contribution in [2.75, 3.05) is 20.1 Å². The topological polar surface area (TPSA) is 105 Å². The normalized spacial score (nSPS) is 12.6. The van der Waals surface area contributed by atoms with Gasteiger partial charge in [-0.2, -0.15) is 4.31 Å². The van der Waals surface area contributed by atoms with E-state index in [0.717, 1.165) is 30.9 Å². The molecule has 2 aromatic rings. The van der Waals surface area contributed by atoms with Gasteiger partial charge in [0, 0.05) is 39.1 Å². The summed E-state index contributed by atoms with van der Waals surface area (Å²) in [6.07, 6.45) is 2.57. The second-order valence-corrected chi connectivity index (χ2v) is 9.17. The Morgan fingerprint density at radius 1 is 1.20 bits per heavy atom. The summed E-state index contributed by atoms with van der Waals surface area (Å²) in [6, 6.07) is 6.78. The van der Waals surface area contributed by atoms with E-state index >= 15 is 0 Å². The minimum atomic E-state index is -3.47. The second-order valence-electron chi connectivity index (χ2n) is 7.18. The van der Waals surface area contributed by atoms with Crippen LogP contribution in [-0.4, -0.2) is 59.6 Å². The standard InChI is InChI=1S/C20H33N7O2S/c1-6-19-25-24-15-27(19)13-12-22-20(21-7-2)23-14-17-8-10-18(11-9-17)30(28,29)26(5)16(3)4/h8-11,15-16H,6-7,12-14H2,1-5H3,(H2,21,22,23). The molecule has 0 fully saturated rings. The van der Waals surface area contributed by atoms with E-state index in [1.165, 1.54) is 4.31 Å². The number of nitrogens with zero attached hydrogens (tertiary/aromatic N) is 5. The molecule has 1 aromatic carbocycles. The first-order valence-electron chi connectivity index (χ1n) is 10.2. The molecule has 0 amide bonds. The molecule has 0 atom stereocenters. The molecule has 30 heavy (non-hydrogen) atoms. The average Bonchev–Trinajstić information content (AvgIpc) is 3.19. The van der Waals surface area contributed by atoms with Crippen LogP contribution in [0.5, 0.6) is 0 Å². The van der Waals surface area contributed by atoms with Crippen molar-refractivity contribution in [2.24, 2.45) is 4.99 Å². The maximum absolute atomic E-state index is 12.6. The van der Waals surface area contributed by atoms with Gasteiger partial charge >= 0.3 is 0 Å². The lowest BCUT2D eigenvalue weighted by Gasteiger charge is -2.21. The molecule has 0 aliphatic carbocycles. The number of sulfonamides is 1. The second kappa shape index (κ2) is 11.1. The van der Waals surface area contributed by atoms with Gasteiger partial charge in [0.25, 0.3) is 0 Å². The third-order valence-electron chi connectivity index (χ3n) is 4.75. The van der Waals surface area contributed by atoms with Crippen molar-refractivity contribution in [3.05, 3.63) is 42.0 Å². The highest BCUT2D eigenvalue weighted by Gasteiger charge is 2.22. The Hall–Kier alpha value is -2.46. The summed E-state index contributed by atoms with van der Waals surface area (Å²) in [5, 5.41) is 14.5.